The Kier molecular flexibility index (Phi) is 2.33. The fourth-order valence-electron chi connectivity index (χ4n) is 0.902. The summed E-state index contributed by atoms with van der Waals surface area (Å²) in [6.07, 6.45) is 0.784. The van der Waals surface area contributed by atoms with Crippen LogP contribution in [0.4, 0.5) is 0 Å². The SMILES string of the molecule is CC(C=O)c1ccc(O)c(O)c1. The van der Waals surface area contributed by atoms with Crippen LogP contribution in [0.5, 0.6) is 11.5 Å². The van der Waals surface area contributed by atoms with Crippen LogP contribution in [0, 0.1) is 0 Å². The van der Waals surface area contributed by atoms with Crippen LogP contribution in [-0.2, 0) is 4.79 Å². The molecule has 0 aliphatic carbocycles. The minimum absolute atomic E-state index is 0.170. The van der Waals surface area contributed by atoms with Gasteiger partial charge in [0.05, 0.1) is 0 Å². The first-order chi connectivity index (χ1) is 5.65. The van der Waals surface area contributed by atoms with E-state index < -0.39 is 0 Å². The first kappa shape index (κ1) is 8.59. The van der Waals surface area contributed by atoms with Gasteiger partial charge in [0.2, 0.25) is 0 Å². The molecule has 0 heterocycles. The summed E-state index contributed by atoms with van der Waals surface area (Å²) in [5.74, 6) is -0.616. The Morgan fingerprint density at radius 2 is 2.00 bits per heavy atom. The minimum Gasteiger partial charge on any atom is -0.504 e. The number of aldehydes is 1. The molecule has 1 aromatic carbocycles. The van der Waals surface area contributed by atoms with E-state index >= 15 is 0 Å². The van der Waals surface area contributed by atoms with Gasteiger partial charge < -0.3 is 15.0 Å². The molecule has 12 heavy (non-hydrogen) atoms. The summed E-state index contributed by atoms with van der Waals surface area (Å²) >= 11 is 0. The number of carbonyl (C=O) groups excluding carboxylic acids is 1. The van der Waals surface area contributed by atoms with Gasteiger partial charge in [0.15, 0.2) is 11.5 Å². The van der Waals surface area contributed by atoms with Crippen LogP contribution >= 0.6 is 0 Å². The smallest absolute Gasteiger partial charge is 0.157 e. The number of benzene rings is 1. The van der Waals surface area contributed by atoms with Crippen LogP contribution in [0.25, 0.3) is 0 Å². The van der Waals surface area contributed by atoms with Crippen molar-refractivity contribution in [3.8, 4) is 11.5 Å². The summed E-state index contributed by atoms with van der Waals surface area (Å²) < 4.78 is 0. The lowest BCUT2D eigenvalue weighted by Gasteiger charge is -2.04. The zero-order valence-corrected chi connectivity index (χ0v) is 6.69. The van der Waals surface area contributed by atoms with Crippen molar-refractivity contribution in [2.75, 3.05) is 0 Å². The highest BCUT2D eigenvalue weighted by Crippen LogP contribution is 2.27. The van der Waals surface area contributed by atoms with E-state index in [9.17, 15) is 4.79 Å². The largest absolute Gasteiger partial charge is 0.504 e. The predicted molar refractivity (Wildman–Crippen MR) is 44.3 cm³/mol. The average molecular weight is 166 g/mol. The standard InChI is InChI=1S/C9H10O3/c1-6(5-10)7-2-3-8(11)9(12)4-7/h2-6,11-12H,1H3. The quantitative estimate of drug-likeness (QED) is 0.515. The molecule has 1 unspecified atom stereocenters. The van der Waals surface area contributed by atoms with Crippen molar-refractivity contribution in [2.45, 2.75) is 12.8 Å². The van der Waals surface area contributed by atoms with Gasteiger partial charge in [-0.1, -0.05) is 13.0 Å². The summed E-state index contributed by atoms with van der Waals surface area (Å²) in [6.45, 7) is 1.72. The summed E-state index contributed by atoms with van der Waals surface area (Å²) in [5, 5.41) is 18.0. The summed E-state index contributed by atoms with van der Waals surface area (Å²) in [4.78, 5) is 10.4. The molecule has 0 saturated carbocycles. The molecular formula is C9H10O3. The van der Waals surface area contributed by atoms with Gasteiger partial charge in [-0.2, -0.15) is 0 Å². The molecule has 0 spiro atoms. The Morgan fingerprint density at radius 1 is 1.33 bits per heavy atom. The molecule has 0 aliphatic heterocycles. The summed E-state index contributed by atoms with van der Waals surface area (Å²) in [6, 6.07) is 4.35. The number of rotatable bonds is 2. The number of carbonyl (C=O) groups is 1. The molecule has 3 nitrogen and oxygen atoms in total. The second-order valence-electron chi connectivity index (χ2n) is 2.67. The number of hydrogen-bond donors (Lipinski definition) is 2. The van der Waals surface area contributed by atoms with Crippen LogP contribution in [0.1, 0.15) is 18.4 Å². The van der Waals surface area contributed by atoms with Crippen LogP contribution < -0.4 is 0 Å². The highest BCUT2D eigenvalue weighted by molar-refractivity contribution is 5.62. The van der Waals surface area contributed by atoms with Crippen LogP contribution in [-0.4, -0.2) is 16.5 Å². The number of aromatic hydroxyl groups is 2. The van der Waals surface area contributed by atoms with E-state index in [4.69, 9.17) is 10.2 Å². The van der Waals surface area contributed by atoms with Crippen molar-refractivity contribution in [3.05, 3.63) is 23.8 Å². The maximum atomic E-state index is 10.4. The molecule has 1 aromatic rings. The molecule has 0 saturated heterocycles. The number of phenolic OH excluding ortho intramolecular Hbond substituents is 2. The van der Waals surface area contributed by atoms with Gasteiger partial charge >= 0.3 is 0 Å². The van der Waals surface area contributed by atoms with E-state index in [0.717, 1.165) is 6.29 Å². The highest BCUT2D eigenvalue weighted by atomic mass is 16.3. The monoisotopic (exact) mass is 166 g/mol. The van der Waals surface area contributed by atoms with Gasteiger partial charge in [-0.3, -0.25) is 0 Å². The maximum absolute atomic E-state index is 10.4. The first-order valence-electron chi connectivity index (χ1n) is 3.62. The molecule has 0 aliphatic rings. The molecule has 3 heteroatoms. The fourth-order valence-corrected chi connectivity index (χ4v) is 0.902. The lowest BCUT2D eigenvalue weighted by atomic mass is 10.0. The van der Waals surface area contributed by atoms with E-state index in [0.29, 0.717) is 5.56 Å². The van der Waals surface area contributed by atoms with Gasteiger partial charge in [-0.15, -0.1) is 0 Å². The molecule has 0 radical (unpaired) electrons. The molecule has 64 valence electrons. The first-order valence-corrected chi connectivity index (χ1v) is 3.62. The summed E-state index contributed by atoms with van der Waals surface area (Å²) in [7, 11) is 0. The highest BCUT2D eigenvalue weighted by Gasteiger charge is 2.06. The van der Waals surface area contributed by atoms with E-state index in [1.807, 2.05) is 0 Å². The Bertz CT molecular complexity index is 294. The third-order valence-electron chi connectivity index (χ3n) is 1.73. The average Bonchev–Trinajstić information content (AvgIpc) is 2.08. The van der Waals surface area contributed by atoms with Crippen molar-refractivity contribution in [3.63, 3.8) is 0 Å². The third-order valence-corrected chi connectivity index (χ3v) is 1.73. The molecule has 0 fully saturated rings. The molecule has 1 atom stereocenters. The van der Waals surface area contributed by atoms with Gasteiger partial charge in [0.25, 0.3) is 0 Å². The fraction of sp³-hybridized carbons (Fsp3) is 0.222. The second kappa shape index (κ2) is 3.26. The molecule has 0 aromatic heterocycles. The normalized spacial score (nSPS) is 12.4. The second-order valence-corrected chi connectivity index (χ2v) is 2.67. The topological polar surface area (TPSA) is 57.5 Å². The molecule has 1 rings (SSSR count). The Morgan fingerprint density at radius 3 is 2.50 bits per heavy atom. The number of phenols is 2. The van der Waals surface area contributed by atoms with Crippen molar-refractivity contribution < 1.29 is 15.0 Å². The zero-order valence-electron chi connectivity index (χ0n) is 6.69. The van der Waals surface area contributed by atoms with Crippen molar-refractivity contribution in [1.82, 2.24) is 0 Å². The molecule has 2 N–H and O–H groups in total. The van der Waals surface area contributed by atoms with Crippen LogP contribution in [0.2, 0.25) is 0 Å². The van der Waals surface area contributed by atoms with Crippen molar-refractivity contribution >= 4 is 6.29 Å². The minimum atomic E-state index is -0.253. The molecule has 0 bridgehead atoms. The Labute approximate surface area is 70.3 Å². The van der Waals surface area contributed by atoms with Gasteiger partial charge in [0.1, 0.15) is 6.29 Å². The Balaban J connectivity index is 3.04. The van der Waals surface area contributed by atoms with Gasteiger partial charge in [0, 0.05) is 5.92 Å². The van der Waals surface area contributed by atoms with Gasteiger partial charge in [-0.25, -0.2) is 0 Å². The van der Waals surface area contributed by atoms with E-state index in [1.165, 1.54) is 12.1 Å². The summed E-state index contributed by atoms with van der Waals surface area (Å²) in [5.41, 5.74) is 0.695. The third kappa shape index (κ3) is 1.56. The Hall–Kier alpha value is -1.51. The predicted octanol–water partition coefficient (Wildman–Crippen LogP) is 1.40. The van der Waals surface area contributed by atoms with Crippen molar-refractivity contribution in [1.29, 1.82) is 0 Å². The lowest BCUT2D eigenvalue weighted by Crippen LogP contribution is -1.93. The molecule has 0 amide bonds. The van der Waals surface area contributed by atoms with E-state index in [1.54, 1.807) is 13.0 Å². The zero-order chi connectivity index (χ0) is 9.14. The maximum Gasteiger partial charge on any atom is 0.157 e. The van der Waals surface area contributed by atoms with Gasteiger partial charge in [-0.05, 0) is 17.7 Å². The van der Waals surface area contributed by atoms with Crippen LogP contribution in [0.3, 0.4) is 0 Å². The lowest BCUT2D eigenvalue weighted by molar-refractivity contribution is -0.108. The number of hydrogen-bond acceptors (Lipinski definition) is 3. The van der Waals surface area contributed by atoms with E-state index in [-0.39, 0.29) is 17.4 Å². The van der Waals surface area contributed by atoms with Crippen molar-refractivity contribution in [2.24, 2.45) is 0 Å². The van der Waals surface area contributed by atoms with E-state index in [2.05, 4.69) is 0 Å². The van der Waals surface area contributed by atoms with Crippen LogP contribution in [0.15, 0.2) is 18.2 Å². The molecular weight excluding hydrogens is 156 g/mol.